The zero-order valence-electron chi connectivity index (χ0n) is 12.6. The summed E-state index contributed by atoms with van der Waals surface area (Å²) in [7, 11) is 1.56. The van der Waals surface area contributed by atoms with Gasteiger partial charge in [-0.2, -0.15) is 0 Å². The van der Waals surface area contributed by atoms with E-state index in [4.69, 9.17) is 4.74 Å². The summed E-state index contributed by atoms with van der Waals surface area (Å²) in [6, 6.07) is 0.865. The van der Waals surface area contributed by atoms with Gasteiger partial charge in [0.1, 0.15) is 0 Å². The molecule has 4 nitrogen and oxygen atoms in total. The van der Waals surface area contributed by atoms with Crippen molar-refractivity contribution in [3.05, 3.63) is 17.7 Å². The number of ether oxygens (including phenoxy) is 1. The molecule has 0 saturated carbocycles. The van der Waals surface area contributed by atoms with Crippen molar-refractivity contribution in [1.29, 1.82) is 0 Å². The van der Waals surface area contributed by atoms with Crippen molar-refractivity contribution in [3.63, 3.8) is 0 Å². The lowest BCUT2D eigenvalue weighted by Gasteiger charge is -2.47. The molecule has 0 aromatic carbocycles. The van der Waals surface area contributed by atoms with Gasteiger partial charge in [-0.15, -0.1) is 0 Å². The molecule has 112 valence electrons. The molecule has 1 aliphatic rings. The Balaban J connectivity index is 2.40. The van der Waals surface area contributed by atoms with Crippen LogP contribution in [0.2, 0.25) is 0 Å². The predicted molar refractivity (Wildman–Crippen MR) is 75.2 cm³/mol. The zero-order chi connectivity index (χ0) is 15.1. The van der Waals surface area contributed by atoms with Gasteiger partial charge in [-0.1, -0.05) is 0 Å². The van der Waals surface area contributed by atoms with Crippen LogP contribution in [0, 0.1) is 11.6 Å². The molecule has 0 amide bonds. The molecular formula is C14H21F2N3O. The molecule has 6 heteroatoms. The largest absolute Gasteiger partial charge is 0.371 e. The van der Waals surface area contributed by atoms with Gasteiger partial charge in [-0.25, -0.2) is 13.8 Å². The first-order chi connectivity index (χ1) is 9.13. The van der Waals surface area contributed by atoms with Crippen molar-refractivity contribution in [3.8, 4) is 0 Å². The van der Waals surface area contributed by atoms with E-state index in [1.807, 2.05) is 27.7 Å². The van der Waals surface area contributed by atoms with E-state index in [0.717, 1.165) is 6.07 Å². The Morgan fingerprint density at radius 1 is 1.15 bits per heavy atom. The average Bonchev–Trinajstić information content (AvgIpc) is 2.24. The number of pyridine rings is 1. The second kappa shape index (κ2) is 4.84. The van der Waals surface area contributed by atoms with Crippen LogP contribution in [-0.2, 0) is 4.74 Å². The maximum absolute atomic E-state index is 14.0. The molecule has 0 radical (unpaired) electrons. The Morgan fingerprint density at radius 3 is 2.20 bits per heavy atom. The predicted octanol–water partition coefficient (Wildman–Crippen LogP) is 2.80. The lowest BCUT2D eigenvalue weighted by atomic mass is 9.99. The number of aromatic nitrogens is 1. The lowest BCUT2D eigenvalue weighted by molar-refractivity contribution is -0.133. The molecule has 1 N–H and O–H groups in total. The normalized spacial score (nSPS) is 20.9. The molecule has 1 aromatic heterocycles. The van der Waals surface area contributed by atoms with E-state index in [1.165, 1.54) is 0 Å². The highest BCUT2D eigenvalue weighted by Gasteiger charge is 2.39. The van der Waals surface area contributed by atoms with E-state index < -0.39 is 22.8 Å². The number of halogens is 2. The van der Waals surface area contributed by atoms with Crippen LogP contribution in [-0.4, -0.2) is 36.3 Å². The quantitative estimate of drug-likeness (QED) is 0.906. The van der Waals surface area contributed by atoms with Gasteiger partial charge >= 0.3 is 0 Å². The Labute approximate surface area is 118 Å². The number of anilines is 2. The van der Waals surface area contributed by atoms with Gasteiger partial charge in [-0.05, 0) is 27.7 Å². The second-order valence-electron chi connectivity index (χ2n) is 6.35. The standard InChI is InChI=1S/C14H21F2N3O/c1-13(2)7-19(8-14(3,4)20-13)12-10(16)6-9(15)11(17-5)18-12/h6H,7-8H2,1-5H3,(H,17,18). The number of hydrogen-bond donors (Lipinski definition) is 1. The molecule has 1 aromatic rings. The van der Waals surface area contributed by atoms with Gasteiger partial charge in [0.05, 0.1) is 11.2 Å². The van der Waals surface area contributed by atoms with Gasteiger partial charge in [0.25, 0.3) is 0 Å². The van der Waals surface area contributed by atoms with Crippen molar-refractivity contribution in [2.45, 2.75) is 38.9 Å². The lowest BCUT2D eigenvalue weighted by Crippen LogP contribution is -2.57. The van der Waals surface area contributed by atoms with Crippen molar-refractivity contribution in [1.82, 2.24) is 4.98 Å². The van der Waals surface area contributed by atoms with Gasteiger partial charge in [0, 0.05) is 26.2 Å². The highest BCUT2D eigenvalue weighted by molar-refractivity contribution is 5.50. The minimum Gasteiger partial charge on any atom is -0.371 e. The first kappa shape index (κ1) is 15.0. The van der Waals surface area contributed by atoms with Crippen molar-refractivity contribution in [2.24, 2.45) is 0 Å². The van der Waals surface area contributed by atoms with E-state index in [-0.39, 0.29) is 11.6 Å². The zero-order valence-corrected chi connectivity index (χ0v) is 12.6. The van der Waals surface area contributed by atoms with Crippen molar-refractivity contribution in [2.75, 3.05) is 30.4 Å². The fourth-order valence-corrected chi connectivity index (χ4v) is 2.79. The number of morpholine rings is 1. The fraction of sp³-hybridized carbons (Fsp3) is 0.643. The molecule has 0 bridgehead atoms. The van der Waals surface area contributed by atoms with E-state index in [1.54, 1.807) is 11.9 Å². The summed E-state index contributed by atoms with van der Waals surface area (Å²) in [5.41, 5.74) is -0.853. The smallest absolute Gasteiger partial charge is 0.168 e. The maximum atomic E-state index is 14.0. The summed E-state index contributed by atoms with van der Waals surface area (Å²) >= 11 is 0. The second-order valence-corrected chi connectivity index (χ2v) is 6.35. The van der Waals surface area contributed by atoms with Gasteiger partial charge in [0.15, 0.2) is 23.3 Å². The van der Waals surface area contributed by atoms with Crippen LogP contribution in [0.3, 0.4) is 0 Å². The number of nitrogens with zero attached hydrogens (tertiary/aromatic N) is 2. The van der Waals surface area contributed by atoms with Crippen LogP contribution in [0.1, 0.15) is 27.7 Å². The van der Waals surface area contributed by atoms with E-state index in [2.05, 4.69) is 10.3 Å². The first-order valence-electron chi connectivity index (χ1n) is 6.62. The summed E-state index contributed by atoms with van der Waals surface area (Å²) in [6.07, 6.45) is 0. The SMILES string of the molecule is CNc1nc(N2CC(C)(C)OC(C)(C)C2)c(F)cc1F. The molecule has 1 saturated heterocycles. The van der Waals surface area contributed by atoms with Crippen LogP contribution in [0.4, 0.5) is 20.4 Å². The highest BCUT2D eigenvalue weighted by Crippen LogP contribution is 2.32. The molecule has 1 aliphatic heterocycles. The van der Waals surface area contributed by atoms with Crippen LogP contribution in [0.5, 0.6) is 0 Å². The molecule has 1 fully saturated rings. The molecule has 0 aliphatic carbocycles. The Morgan fingerprint density at radius 2 is 1.70 bits per heavy atom. The summed E-state index contributed by atoms with van der Waals surface area (Å²) in [6.45, 7) is 8.77. The van der Waals surface area contributed by atoms with E-state index >= 15 is 0 Å². The molecule has 0 atom stereocenters. The molecule has 0 spiro atoms. The first-order valence-corrected chi connectivity index (χ1v) is 6.62. The molecular weight excluding hydrogens is 264 g/mol. The Hall–Kier alpha value is -1.43. The van der Waals surface area contributed by atoms with E-state index in [9.17, 15) is 8.78 Å². The number of nitrogens with one attached hydrogen (secondary N) is 1. The number of hydrogen-bond acceptors (Lipinski definition) is 4. The summed E-state index contributed by atoms with van der Waals surface area (Å²) in [5, 5.41) is 2.63. The van der Waals surface area contributed by atoms with Crippen LogP contribution >= 0.6 is 0 Å². The van der Waals surface area contributed by atoms with Crippen LogP contribution in [0.25, 0.3) is 0 Å². The average molecular weight is 285 g/mol. The third-order valence-electron chi connectivity index (χ3n) is 3.14. The van der Waals surface area contributed by atoms with Gasteiger partial charge in [-0.3, -0.25) is 0 Å². The third-order valence-corrected chi connectivity index (χ3v) is 3.14. The van der Waals surface area contributed by atoms with Gasteiger partial charge < -0.3 is 15.0 Å². The van der Waals surface area contributed by atoms with Crippen molar-refractivity contribution >= 4 is 11.6 Å². The number of rotatable bonds is 2. The minimum atomic E-state index is -0.694. The minimum absolute atomic E-state index is 0.0449. The summed E-state index contributed by atoms with van der Waals surface area (Å²) in [4.78, 5) is 5.86. The highest BCUT2D eigenvalue weighted by atomic mass is 19.1. The van der Waals surface area contributed by atoms with Crippen LogP contribution < -0.4 is 10.2 Å². The molecule has 0 unspecified atom stereocenters. The summed E-state index contributed by atoms with van der Waals surface area (Å²) in [5.74, 6) is -1.15. The Bertz CT molecular complexity index is 501. The molecule has 2 heterocycles. The van der Waals surface area contributed by atoms with Crippen LogP contribution in [0.15, 0.2) is 6.07 Å². The molecule has 2 rings (SSSR count). The summed E-state index contributed by atoms with van der Waals surface area (Å²) < 4.78 is 33.5. The topological polar surface area (TPSA) is 37.4 Å². The van der Waals surface area contributed by atoms with Gasteiger partial charge in [0.2, 0.25) is 0 Å². The molecule has 20 heavy (non-hydrogen) atoms. The monoisotopic (exact) mass is 285 g/mol. The maximum Gasteiger partial charge on any atom is 0.168 e. The Kier molecular flexibility index (Phi) is 3.62. The van der Waals surface area contributed by atoms with E-state index in [0.29, 0.717) is 13.1 Å². The third kappa shape index (κ3) is 3.00. The fourth-order valence-electron chi connectivity index (χ4n) is 2.79. The van der Waals surface area contributed by atoms with Crippen molar-refractivity contribution < 1.29 is 13.5 Å².